The Labute approximate surface area is 113 Å². The summed E-state index contributed by atoms with van der Waals surface area (Å²) in [6.45, 7) is 1.78. The quantitative estimate of drug-likeness (QED) is 0.857. The van der Waals surface area contributed by atoms with Gasteiger partial charge in [-0.25, -0.2) is 8.78 Å². The molecular weight excluding hydrogens is 248 g/mol. The molecule has 1 N–H and O–H groups in total. The summed E-state index contributed by atoms with van der Waals surface area (Å²) in [4.78, 5) is 2.18. The largest absolute Gasteiger partial charge is 0.388 e. The molecule has 1 fully saturated rings. The van der Waals surface area contributed by atoms with Crippen LogP contribution in [0.4, 0.5) is 8.78 Å². The molecule has 1 aromatic rings. The standard InChI is InChI=1S/C15H21F2NO/c1-18(10-11-3-2-4-11)6-5-15(19)12-7-13(16)9-14(17)8-12/h7-9,11,15,19H,2-6,10H2,1H3. The molecule has 2 nitrogen and oxygen atoms in total. The maximum atomic E-state index is 13.1. The third kappa shape index (κ3) is 4.25. The van der Waals surface area contributed by atoms with Gasteiger partial charge < -0.3 is 10.0 Å². The van der Waals surface area contributed by atoms with Gasteiger partial charge in [0.1, 0.15) is 11.6 Å². The van der Waals surface area contributed by atoms with E-state index < -0.39 is 17.7 Å². The summed E-state index contributed by atoms with van der Waals surface area (Å²) >= 11 is 0. The van der Waals surface area contributed by atoms with Gasteiger partial charge in [-0.3, -0.25) is 0 Å². The van der Waals surface area contributed by atoms with Crippen LogP contribution < -0.4 is 0 Å². The van der Waals surface area contributed by atoms with Crippen molar-refractivity contribution in [2.24, 2.45) is 5.92 Å². The molecule has 1 aliphatic rings. The van der Waals surface area contributed by atoms with Crippen molar-refractivity contribution in [3.63, 3.8) is 0 Å². The van der Waals surface area contributed by atoms with Crippen molar-refractivity contribution in [1.82, 2.24) is 4.90 Å². The second kappa shape index (κ2) is 6.44. The Morgan fingerprint density at radius 1 is 1.26 bits per heavy atom. The van der Waals surface area contributed by atoms with E-state index in [1.54, 1.807) is 0 Å². The fourth-order valence-electron chi connectivity index (χ4n) is 2.48. The number of benzene rings is 1. The van der Waals surface area contributed by atoms with Crippen LogP contribution >= 0.6 is 0 Å². The first-order valence-electron chi connectivity index (χ1n) is 6.87. The second-order valence-electron chi connectivity index (χ2n) is 5.57. The van der Waals surface area contributed by atoms with Crippen molar-refractivity contribution in [2.75, 3.05) is 20.1 Å². The number of halogens is 2. The Balaban J connectivity index is 1.80. The molecule has 0 radical (unpaired) electrons. The molecule has 1 aliphatic carbocycles. The van der Waals surface area contributed by atoms with Crippen LogP contribution in [0.2, 0.25) is 0 Å². The van der Waals surface area contributed by atoms with Crippen molar-refractivity contribution in [3.8, 4) is 0 Å². The van der Waals surface area contributed by atoms with Crippen LogP contribution in [-0.4, -0.2) is 30.1 Å². The highest BCUT2D eigenvalue weighted by Crippen LogP contribution is 2.27. The normalized spacial score (nSPS) is 17.5. The fraction of sp³-hybridized carbons (Fsp3) is 0.600. The van der Waals surface area contributed by atoms with Gasteiger partial charge in [-0.2, -0.15) is 0 Å². The van der Waals surface area contributed by atoms with Gasteiger partial charge in [0.05, 0.1) is 6.10 Å². The van der Waals surface area contributed by atoms with Crippen LogP contribution in [0.1, 0.15) is 37.4 Å². The average Bonchev–Trinajstić information content (AvgIpc) is 2.29. The number of nitrogens with zero attached hydrogens (tertiary/aromatic N) is 1. The van der Waals surface area contributed by atoms with Crippen molar-refractivity contribution in [3.05, 3.63) is 35.4 Å². The Morgan fingerprint density at radius 3 is 2.42 bits per heavy atom. The van der Waals surface area contributed by atoms with E-state index in [1.165, 1.54) is 31.4 Å². The van der Waals surface area contributed by atoms with E-state index in [-0.39, 0.29) is 0 Å². The predicted molar refractivity (Wildman–Crippen MR) is 70.8 cm³/mol. The topological polar surface area (TPSA) is 23.5 Å². The predicted octanol–water partition coefficient (Wildman–Crippen LogP) is 3.12. The number of rotatable bonds is 6. The SMILES string of the molecule is CN(CCC(O)c1cc(F)cc(F)c1)CC1CCC1. The summed E-state index contributed by atoms with van der Waals surface area (Å²) < 4.78 is 26.1. The van der Waals surface area contributed by atoms with Crippen molar-refractivity contribution in [1.29, 1.82) is 0 Å². The monoisotopic (exact) mass is 269 g/mol. The van der Waals surface area contributed by atoms with Crippen LogP contribution in [0.15, 0.2) is 18.2 Å². The van der Waals surface area contributed by atoms with Crippen molar-refractivity contribution >= 4 is 0 Å². The minimum Gasteiger partial charge on any atom is -0.388 e. The molecule has 0 aromatic heterocycles. The van der Waals surface area contributed by atoms with Gasteiger partial charge in [0.25, 0.3) is 0 Å². The lowest BCUT2D eigenvalue weighted by atomic mass is 9.85. The summed E-state index contributed by atoms with van der Waals surface area (Å²) in [5.41, 5.74) is 0.314. The van der Waals surface area contributed by atoms with Crippen LogP contribution in [0.5, 0.6) is 0 Å². The van der Waals surface area contributed by atoms with E-state index in [2.05, 4.69) is 4.90 Å². The Hall–Kier alpha value is -1.00. The minimum atomic E-state index is -0.811. The van der Waals surface area contributed by atoms with Gasteiger partial charge in [0.15, 0.2) is 0 Å². The molecular formula is C15H21F2NO. The zero-order valence-corrected chi connectivity index (χ0v) is 11.3. The van der Waals surface area contributed by atoms with Crippen molar-refractivity contribution in [2.45, 2.75) is 31.8 Å². The molecule has 0 saturated heterocycles. The number of aliphatic hydroxyl groups excluding tert-OH is 1. The molecule has 1 atom stereocenters. The van der Waals surface area contributed by atoms with Crippen LogP contribution in [0.3, 0.4) is 0 Å². The lowest BCUT2D eigenvalue weighted by Crippen LogP contribution is -2.30. The molecule has 1 aromatic carbocycles. The molecule has 4 heteroatoms. The van der Waals surface area contributed by atoms with E-state index in [0.717, 1.165) is 25.1 Å². The molecule has 19 heavy (non-hydrogen) atoms. The summed E-state index contributed by atoms with van der Waals surface area (Å²) in [6, 6.07) is 3.21. The van der Waals surface area contributed by atoms with Crippen LogP contribution in [0, 0.1) is 17.6 Å². The van der Waals surface area contributed by atoms with E-state index >= 15 is 0 Å². The lowest BCUT2D eigenvalue weighted by molar-refractivity contribution is 0.135. The summed E-state index contributed by atoms with van der Waals surface area (Å²) in [6.07, 6.45) is 3.59. The highest BCUT2D eigenvalue weighted by Gasteiger charge is 2.19. The van der Waals surface area contributed by atoms with E-state index in [9.17, 15) is 13.9 Å². The van der Waals surface area contributed by atoms with E-state index in [1.807, 2.05) is 7.05 Å². The summed E-state index contributed by atoms with van der Waals surface area (Å²) in [7, 11) is 2.02. The molecule has 2 rings (SSSR count). The highest BCUT2D eigenvalue weighted by molar-refractivity contribution is 5.20. The first-order valence-corrected chi connectivity index (χ1v) is 6.87. The van der Waals surface area contributed by atoms with Gasteiger partial charge in [0, 0.05) is 19.2 Å². The van der Waals surface area contributed by atoms with Gasteiger partial charge in [0.2, 0.25) is 0 Å². The third-order valence-electron chi connectivity index (χ3n) is 3.85. The van der Waals surface area contributed by atoms with Gasteiger partial charge in [-0.15, -0.1) is 0 Å². The van der Waals surface area contributed by atoms with Crippen molar-refractivity contribution < 1.29 is 13.9 Å². The van der Waals surface area contributed by atoms with Gasteiger partial charge in [-0.1, -0.05) is 6.42 Å². The van der Waals surface area contributed by atoms with Gasteiger partial charge >= 0.3 is 0 Å². The lowest BCUT2D eigenvalue weighted by Gasteiger charge is -2.30. The maximum absolute atomic E-state index is 13.1. The fourth-order valence-corrected chi connectivity index (χ4v) is 2.48. The molecule has 1 unspecified atom stereocenters. The zero-order valence-electron chi connectivity index (χ0n) is 11.3. The molecule has 106 valence electrons. The van der Waals surface area contributed by atoms with E-state index in [4.69, 9.17) is 0 Å². The summed E-state index contributed by atoms with van der Waals surface area (Å²) in [5, 5.41) is 9.96. The molecule has 0 heterocycles. The molecule has 0 aliphatic heterocycles. The molecule has 0 spiro atoms. The smallest absolute Gasteiger partial charge is 0.126 e. The Kier molecular flexibility index (Phi) is 4.88. The number of aliphatic hydroxyl groups is 1. The third-order valence-corrected chi connectivity index (χ3v) is 3.85. The Morgan fingerprint density at radius 2 is 1.89 bits per heavy atom. The highest BCUT2D eigenvalue weighted by atomic mass is 19.1. The summed E-state index contributed by atoms with van der Waals surface area (Å²) in [5.74, 6) is -0.498. The maximum Gasteiger partial charge on any atom is 0.126 e. The first-order chi connectivity index (χ1) is 9.04. The molecule has 0 bridgehead atoms. The average molecular weight is 269 g/mol. The van der Waals surface area contributed by atoms with Gasteiger partial charge in [-0.05, 0) is 49.9 Å². The number of hydrogen-bond donors (Lipinski definition) is 1. The Bertz CT molecular complexity index is 400. The zero-order chi connectivity index (χ0) is 13.8. The van der Waals surface area contributed by atoms with Crippen LogP contribution in [0.25, 0.3) is 0 Å². The number of hydrogen-bond acceptors (Lipinski definition) is 2. The second-order valence-corrected chi connectivity index (χ2v) is 5.57. The minimum absolute atomic E-state index is 0.314. The first kappa shape index (κ1) is 14.4. The molecule has 0 amide bonds. The van der Waals surface area contributed by atoms with E-state index in [0.29, 0.717) is 12.0 Å². The molecule has 1 saturated carbocycles. The van der Waals surface area contributed by atoms with Crippen LogP contribution in [-0.2, 0) is 0 Å².